The van der Waals surface area contributed by atoms with E-state index in [9.17, 15) is 23.1 Å². The fraction of sp³-hybridized carbons (Fsp3) is 0.381. The number of aromatic carboxylic acids is 1. The van der Waals surface area contributed by atoms with Crippen LogP contribution in [0.15, 0.2) is 41.3 Å². The van der Waals surface area contributed by atoms with Crippen LogP contribution in [0.3, 0.4) is 0 Å². The number of carboxylic acid groups (broad SMARTS) is 1. The van der Waals surface area contributed by atoms with Gasteiger partial charge in [0.15, 0.2) is 0 Å². The van der Waals surface area contributed by atoms with Gasteiger partial charge in [0.05, 0.1) is 11.1 Å². The van der Waals surface area contributed by atoms with Crippen molar-refractivity contribution in [1.29, 1.82) is 0 Å². The van der Waals surface area contributed by atoms with Gasteiger partial charge in [-0.05, 0) is 73.1 Å². The molecule has 4 nitrogen and oxygen atoms in total. The Hall–Kier alpha value is -2.19. The SMILES string of the molecule is CCc1ccc(C(=O)O)cc1SNc1cc(C(F)(F)F)ccc1C1CCCCN1. The Kier molecular flexibility index (Phi) is 6.74. The van der Waals surface area contributed by atoms with Crippen LogP contribution in [0, 0.1) is 0 Å². The second kappa shape index (κ2) is 9.09. The highest BCUT2D eigenvalue weighted by molar-refractivity contribution is 8.00. The average Bonchev–Trinajstić information content (AvgIpc) is 2.71. The largest absolute Gasteiger partial charge is 0.478 e. The zero-order valence-electron chi connectivity index (χ0n) is 16.0. The van der Waals surface area contributed by atoms with Crippen molar-refractivity contribution in [2.24, 2.45) is 0 Å². The van der Waals surface area contributed by atoms with Crippen molar-refractivity contribution >= 4 is 23.6 Å². The Bertz CT molecular complexity index is 881. The molecule has 0 saturated carbocycles. The molecular formula is C21H23F3N2O2S. The van der Waals surface area contributed by atoms with Crippen molar-refractivity contribution in [3.8, 4) is 0 Å². The van der Waals surface area contributed by atoms with Crippen LogP contribution in [0.5, 0.6) is 0 Å². The van der Waals surface area contributed by atoms with Gasteiger partial charge in [-0.15, -0.1) is 0 Å². The summed E-state index contributed by atoms with van der Waals surface area (Å²) in [4.78, 5) is 12.0. The number of carboxylic acids is 1. The number of hydrogen-bond acceptors (Lipinski definition) is 4. The summed E-state index contributed by atoms with van der Waals surface area (Å²) in [5.74, 6) is -1.04. The molecule has 2 aromatic carbocycles. The van der Waals surface area contributed by atoms with Gasteiger partial charge in [0, 0.05) is 16.6 Å². The Balaban J connectivity index is 1.92. The summed E-state index contributed by atoms with van der Waals surface area (Å²) in [7, 11) is 0. The lowest BCUT2D eigenvalue weighted by atomic mass is 9.95. The first-order chi connectivity index (χ1) is 13.8. The molecule has 1 atom stereocenters. The predicted molar refractivity (Wildman–Crippen MR) is 108 cm³/mol. The first kappa shape index (κ1) is 21.5. The summed E-state index contributed by atoms with van der Waals surface area (Å²) >= 11 is 1.15. The lowest BCUT2D eigenvalue weighted by Crippen LogP contribution is -2.27. The standard InChI is InChI=1S/C21H23F3N2O2S/c1-2-13-6-7-14(20(27)28)11-19(13)29-26-18-12-15(21(22,23)24)8-9-16(18)17-5-3-4-10-25-17/h6-9,11-12,17,25-26H,2-5,10H2,1H3,(H,27,28). The fourth-order valence-electron chi connectivity index (χ4n) is 3.43. The van der Waals surface area contributed by atoms with Gasteiger partial charge < -0.3 is 15.1 Å². The molecular weight excluding hydrogens is 401 g/mol. The third-order valence-electron chi connectivity index (χ3n) is 5.03. The van der Waals surface area contributed by atoms with Crippen LogP contribution in [0.1, 0.15) is 59.3 Å². The van der Waals surface area contributed by atoms with Crippen molar-refractivity contribution in [2.45, 2.75) is 49.7 Å². The van der Waals surface area contributed by atoms with E-state index >= 15 is 0 Å². The number of alkyl halides is 3. The molecule has 0 aromatic heterocycles. The number of hydrogen-bond donors (Lipinski definition) is 3. The van der Waals surface area contributed by atoms with Gasteiger partial charge in [-0.25, -0.2) is 4.79 Å². The van der Waals surface area contributed by atoms with E-state index in [2.05, 4.69) is 10.0 Å². The Labute approximate surface area is 172 Å². The van der Waals surface area contributed by atoms with E-state index in [4.69, 9.17) is 0 Å². The van der Waals surface area contributed by atoms with Crippen LogP contribution >= 0.6 is 11.9 Å². The van der Waals surface area contributed by atoms with E-state index < -0.39 is 17.7 Å². The van der Waals surface area contributed by atoms with E-state index in [0.717, 1.165) is 61.0 Å². The van der Waals surface area contributed by atoms with Gasteiger partial charge in [-0.2, -0.15) is 13.2 Å². The third-order valence-corrected chi connectivity index (χ3v) is 5.95. The van der Waals surface area contributed by atoms with E-state index in [1.54, 1.807) is 12.1 Å². The van der Waals surface area contributed by atoms with Crippen LogP contribution in [0.4, 0.5) is 18.9 Å². The van der Waals surface area contributed by atoms with Crippen LogP contribution in [-0.4, -0.2) is 17.6 Å². The summed E-state index contributed by atoms with van der Waals surface area (Å²) in [5.41, 5.74) is 1.54. The summed E-state index contributed by atoms with van der Waals surface area (Å²) in [5, 5.41) is 12.6. The quantitative estimate of drug-likeness (QED) is 0.504. The number of halogens is 3. The molecule has 0 spiro atoms. The number of rotatable bonds is 6. The second-order valence-electron chi connectivity index (χ2n) is 6.99. The molecule has 1 heterocycles. The summed E-state index contributed by atoms with van der Waals surface area (Å²) < 4.78 is 42.8. The minimum absolute atomic E-state index is 0.00914. The molecule has 0 aliphatic carbocycles. The first-order valence-corrected chi connectivity index (χ1v) is 10.3. The summed E-state index contributed by atoms with van der Waals surface area (Å²) in [6.07, 6.45) is -0.817. The molecule has 2 aromatic rings. The maximum absolute atomic E-state index is 13.3. The number of piperidine rings is 1. The fourth-order valence-corrected chi connectivity index (χ4v) is 4.35. The molecule has 0 amide bonds. The molecule has 8 heteroatoms. The van der Waals surface area contributed by atoms with Crippen LogP contribution in [0.25, 0.3) is 0 Å². The molecule has 156 valence electrons. The molecule has 0 radical (unpaired) electrons. The number of benzene rings is 2. The van der Waals surface area contributed by atoms with Gasteiger partial charge >= 0.3 is 12.1 Å². The van der Waals surface area contributed by atoms with Crippen molar-refractivity contribution in [3.63, 3.8) is 0 Å². The molecule has 1 aliphatic rings. The lowest BCUT2D eigenvalue weighted by molar-refractivity contribution is -0.137. The monoisotopic (exact) mass is 424 g/mol. The van der Waals surface area contributed by atoms with Crippen molar-refractivity contribution in [3.05, 3.63) is 58.7 Å². The smallest absolute Gasteiger partial charge is 0.416 e. The van der Waals surface area contributed by atoms with Crippen LogP contribution < -0.4 is 10.0 Å². The summed E-state index contributed by atoms with van der Waals surface area (Å²) in [6.45, 7) is 2.78. The average molecular weight is 424 g/mol. The molecule has 3 N–H and O–H groups in total. The topological polar surface area (TPSA) is 61.4 Å². The number of aryl methyl sites for hydroxylation is 1. The van der Waals surface area contributed by atoms with Gasteiger partial charge in [0.2, 0.25) is 0 Å². The molecule has 29 heavy (non-hydrogen) atoms. The number of carbonyl (C=O) groups is 1. The van der Waals surface area contributed by atoms with Gasteiger partial charge in [-0.3, -0.25) is 0 Å². The van der Waals surface area contributed by atoms with E-state index in [-0.39, 0.29) is 11.6 Å². The van der Waals surface area contributed by atoms with Crippen molar-refractivity contribution < 1.29 is 23.1 Å². The molecule has 1 fully saturated rings. The maximum atomic E-state index is 13.3. The van der Waals surface area contributed by atoms with Crippen LogP contribution in [-0.2, 0) is 12.6 Å². The molecule has 0 bridgehead atoms. The highest BCUT2D eigenvalue weighted by Gasteiger charge is 2.32. The van der Waals surface area contributed by atoms with E-state index in [0.29, 0.717) is 17.0 Å². The zero-order valence-corrected chi connectivity index (χ0v) is 16.8. The van der Waals surface area contributed by atoms with Gasteiger partial charge in [-0.1, -0.05) is 25.5 Å². The predicted octanol–water partition coefficient (Wildman–Crippen LogP) is 5.90. The normalized spacial score (nSPS) is 17.2. The maximum Gasteiger partial charge on any atom is 0.416 e. The summed E-state index contributed by atoms with van der Waals surface area (Å²) in [6, 6.07) is 8.59. The first-order valence-electron chi connectivity index (χ1n) is 9.53. The minimum atomic E-state index is -4.43. The lowest BCUT2D eigenvalue weighted by Gasteiger charge is -2.26. The molecule has 1 aliphatic heterocycles. The minimum Gasteiger partial charge on any atom is -0.478 e. The zero-order chi connectivity index (χ0) is 21.0. The number of nitrogens with one attached hydrogen (secondary N) is 2. The molecule has 1 saturated heterocycles. The van der Waals surface area contributed by atoms with Gasteiger partial charge in [0.1, 0.15) is 0 Å². The second-order valence-corrected chi connectivity index (χ2v) is 7.84. The Morgan fingerprint density at radius 2 is 2.03 bits per heavy atom. The molecule has 1 unspecified atom stereocenters. The molecule has 3 rings (SSSR count). The highest BCUT2D eigenvalue weighted by Crippen LogP contribution is 2.38. The number of anilines is 1. The Morgan fingerprint density at radius 3 is 2.66 bits per heavy atom. The Morgan fingerprint density at radius 1 is 1.24 bits per heavy atom. The van der Waals surface area contributed by atoms with E-state index in [1.165, 1.54) is 12.1 Å². The third kappa shape index (κ3) is 5.25. The van der Waals surface area contributed by atoms with Crippen molar-refractivity contribution in [2.75, 3.05) is 11.3 Å². The van der Waals surface area contributed by atoms with E-state index in [1.807, 2.05) is 6.92 Å². The highest BCUT2D eigenvalue weighted by atomic mass is 32.2. The van der Waals surface area contributed by atoms with Crippen LogP contribution in [0.2, 0.25) is 0 Å². The van der Waals surface area contributed by atoms with Crippen molar-refractivity contribution in [1.82, 2.24) is 5.32 Å². The van der Waals surface area contributed by atoms with Gasteiger partial charge in [0.25, 0.3) is 0 Å².